The van der Waals surface area contributed by atoms with Gasteiger partial charge in [-0.1, -0.05) is 70.3 Å². The summed E-state index contributed by atoms with van der Waals surface area (Å²) in [6, 6.07) is 19.3. The fourth-order valence-electron chi connectivity index (χ4n) is 1.90. The summed E-state index contributed by atoms with van der Waals surface area (Å²) in [5.74, 6) is 0. The molecule has 0 atom stereocenters. The van der Waals surface area contributed by atoms with Crippen LogP contribution in [0.5, 0.6) is 0 Å². The van der Waals surface area contributed by atoms with Gasteiger partial charge in [-0.2, -0.15) is 6.92 Å². The molecule has 0 saturated heterocycles. The van der Waals surface area contributed by atoms with Crippen LogP contribution in [0, 0.1) is 14.4 Å². The molecule has 0 unspecified atom stereocenters. The summed E-state index contributed by atoms with van der Waals surface area (Å²) in [7, 11) is 2.44. The maximum Gasteiger partial charge on any atom is -0.0771 e. The molecule has 0 fully saturated rings. The first-order valence-electron chi connectivity index (χ1n) is 9.91. The number of hydrogen-bond acceptors (Lipinski definition) is 1. The molecular formula is C25H45Cl2NOSi3Ti-4. The van der Waals surface area contributed by atoms with Crippen molar-refractivity contribution in [2.75, 3.05) is 0 Å². The van der Waals surface area contributed by atoms with Crippen LogP contribution in [-0.2, 0) is 19.2 Å². The molecule has 0 aliphatic heterocycles. The first-order valence-corrected chi connectivity index (χ1v) is 18.2. The van der Waals surface area contributed by atoms with E-state index in [-0.39, 0.29) is 37.8 Å². The first-order chi connectivity index (χ1) is 13.9. The van der Waals surface area contributed by atoms with Crippen molar-refractivity contribution in [2.24, 2.45) is 0 Å². The van der Waals surface area contributed by atoms with Crippen LogP contribution in [0.2, 0.25) is 32.7 Å². The van der Waals surface area contributed by atoms with Gasteiger partial charge in [0.05, 0.1) is 0 Å². The number of nitrogens with one attached hydrogen (secondary N) is 1. The molecule has 0 spiro atoms. The minimum absolute atomic E-state index is 0. The summed E-state index contributed by atoms with van der Waals surface area (Å²) in [5.41, 5.74) is 6.69. The predicted molar refractivity (Wildman–Crippen MR) is 162 cm³/mol. The Hall–Kier alpha value is 0.175. The van der Waals surface area contributed by atoms with Crippen LogP contribution in [0.4, 0.5) is 0 Å². The smallest absolute Gasteiger partial charge is 0.0771 e. The molecule has 2 N–H and O–H groups in total. The van der Waals surface area contributed by atoms with Crippen LogP contribution in [0.25, 0.3) is 27.3 Å². The fraction of sp³-hybridized carbons (Fsp3) is 0.400. The van der Waals surface area contributed by atoms with E-state index < -0.39 is 8.32 Å². The van der Waals surface area contributed by atoms with Crippen molar-refractivity contribution in [1.29, 1.82) is 0 Å². The van der Waals surface area contributed by atoms with Gasteiger partial charge in [-0.15, -0.1) is 70.1 Å². The van der Waals surface area contributed by atoms with Gasteiger partial charge in [-0.25, -0.2) is 0 Å². The summed E-state index contributed by atoms with van der Waals surface area (Å²) < 4.78 is 0. The van der Waals surface area contributed by atoms with Crippen molar-refractivity contribution in [2.45, 2.75) is 66.0 Å². The van der Waals surface area contributed by atoms with Gasteiger partial charge in [-0.3, -0.25) is 0 Å². The SMILES string of the molecule is CC(C)(C)[NH-].C[Si](C)(C)O.C[Si]C.Cl.Cl.[CH2-]C.[CH3-].[Si]=[Ti].c1ccc2c(c1)[cH-]c1ccccc12. The van der Waals surface area contributed by atoms with Crippen molar-refractivity contribution in [3.05, 3.63) is 74.7 Å². The van der Waals surface area contributed by atoms with Gasteiger partial charge < -0.3 is 24.9 Å². The Balaban J connectivity index is -0.0000000788. The van der Waals surface area contributed by atoms with Crippen molar-refractivity contribution in [3.8, 4) is 0 Å². The van der Waals surface area contributed by atoms with E-state index in [1.54, 1.807) is 26.1 Å². The van der Waals surface area contributed by atoms with Gasteiger partial charge in [0.2, 0.25) is 0 Å². The van der Waals surface area contributed by atoms with Crippen LogP contribution in [0.1, 0.15) is 27.7 Å². The van der Waals surface area contributed by atoms with E-state index in [4.69, 9.17) is 10.5 Å². The molecule has 0 aliphatic rings. The Morgan fingerprint density at radius 2 is 1.06 bits per heavy atom. The molecule has 33 heavy (non-hydrogen) atoms. The Morgan fingerprint density at radius 3 is 1.27 bits per heavy atom. The third-order valence-electron chi connectivity index (χ3n) is 2.52. The Morgan fingerprint density at radius 1 is 0.879 bits per heavy atom. The molecule has 0 saturated carbocycles. The zero-order valence-electron chi connectivity index (χ0n) is 22.2. The molecule has 8 heteroatoms. The number of benzene rings is 2. The summed E-state index contributed by atoms with van der Waals surface area (Å²) in [4.78, 5) is 8.66. The maximum atomic E-state index is 8.66. The average molecular weight is 579 g/mol. The van der Waals surface area contributed by atoms with Crippen molar-refractivity contribution in [1.82, 2.24) is 0 Å². The largest absolute Gasteiger partial charge is 0.126 e. The van der Waals surface area contributed by atoms with Crippen molar-refractivity contribution in [3.63, 3.8) is 0 Å². The van der Waals surface area contributed by atoms with Crippen LogP contribution >= 0.6 is 24.8 Å². The van der Waals surface area contributed by atoms with E-state index in [9.17, 15) is 0 Å². The van der Waals surface area contributed by atoms with Crippen molar-refractivity contribution < 1.29 is 24.0 Å². The Kier molecular flexibility index (Phi) is 37.7. The minimum Gasteiger partial charge on any atom is -0.126 e. The molecule has 0 bridgehead atoms. The molecule has 190 valence electrons. The molecular weight excluding hydrogens is 533 g/mol. The second-order valence-electron chi connectivity index (χ2n) is 8.24. The van der Waals surface area contributed by atoms with Gasteiger partial charge in [0.1, 0.15) is 0 Å². The molecule has 4 radical (unpaired) electrons. The second kappa shape index (κ2) is 26.8. The molecule has 0 heterocycles. The van der Waals surface area contributed by atoms with E-state index in [0.717, 1.165) is 9.52 Å². The van der Waals surface area contributed by atoms with Gasteiger partial charge in [0, 0.05) is 9.52 Å². The predicted octanol–water partition coefficient (Wildman–Crippen LogP) is 8.90. The summed E-state index contributed by atoms with van der Waals surface area (Å²) >= 11 is 1.81. The number of hydrogen-bond donors (Lipinski definition) is 1. The fourth-order valence-corrected chi connectivity index (χ4v) is 1.90. The van der Waals surface area contributed by atoms with Crippen LogP contribution in [0.15, 0.2) is 54.6 Å². The third kappa shape index (κ3) is 32.2. The maximum absolute atomic E-state index is 8.66. The first kappa shape index (κ1) is 46.5. The zero-order valence-corrected chi connectivity index (χ0v) is 28.4. The quantitative estimate of drug-likeness (QED) is 0.210. The van der Waals surface area contributed by atoms with Gasteiger partial charge >= 0.3 is 26.8 Å². The van der Waals surface area contributed by atoms with E-state index in [1.807, 2.05) is 40.4 Å². The van der Waals surface area contributed by atoms with Crippen LogP contribution < -0.4 is 0 Å². The second-order valence-corrected chi connectivity index (χ2v) is 13.6. The number of rotatable bonds is 0. The normalized spacial score (nSPS) is 8.82. The summed E-state index contributed by atoms with van der Waals surface area (Å²) in [6.45, 7) is 20.5. The average Bonchev–Trinajstić information content (AvgIpc) is 3.02. The standard InChI is InChI=1S/C13H9.C4H10N.C3H10OSi.C2H6Si.C2H5.CH3.2ClH.Si.Ti/c1-3-7-12-10(5-1)9-11-6-2-4-8-13(11)12;1-4(2,3)5;1-5(2,3)4;1-3-2;1-2;;;;;/h1-9H;5H,1-3H3;4H,1-3H3;1-2H3;1H2,2H3;1H3;2*1H;;/q2*-1;;;2*-1;;;;. The van der Waals surface area contributed by atoms with E-state index >= 15 is 0 Å². The molecule has 0 aromatic heterocycles. The van der Waals surface area contributed by atoms with Crippen LogP contribution in [-0.4, -0.2) is 35.8 Å². The molecule has 0 aliphatic carbocycles. The minimum atomic E-state index is -1.61. The molecule has 0 amide bonds. The van der Waals surface area contributed by atoms with Crippen molar-refractivity contribution >= 4 is 71.8 Å². The van der Waals surface area contributed by atoms with Gasteiger partial charge in [-0.05, 0) is 19.6 Å². The summed E-state index contributed by atoms with van der Waals surface area (Å²) in [5, 5.41) is 5.39. The topological polar surface area (TPSA) is 44.0 Å². The van der Waals surface area contributed by atoms with Crippen LogP contribution in [0.3, 0.4) is 0 Å². The molecule has 3 aromatic carbocycles. The molecule has 3 aromatic rings. The monoisotopic (exact) mass is 577 g/mol. The zero-order chi connectivity index (χ0) is 24.4. The summed E-state index contributed by atoms with van der Waals surface area (Å²) in [6.07, 6.45) is 0. The Bertz CT molecular complexity index is 714. The number of fused-ring (bicyclic) bond motifs is 3. The number of halogens is 2. The van der Waals surface area contributed by atoms with E-state index in [2.05, 4.69) is 82.2 Å². The molecule has 3 rings (SSSR count). The van der Waals surface area contributed by atoms with Gasteiger partial charge in [0.25, 0.3) is 0 Å². The van der Waals surface area contributed by atoms with E-state index in [0.29, 0.717) is 0 Å². The van der Waals surface area contributed by atoms with E-state index in [1.165, 1.54) is 21.5 Å². The Labute approximate surface area is 235 Å². The van der Waals surface area contributed by atoms with Gasteiger partial charge in [0.15, 0.2) is 8.32 Å². The third-order valence-corrected chi connectivity index (χ3v) is 2.52. The molecule has 2 nitrogen and oxygen atoms in total.